The molecule has 0 aliphatic carbocycles. The second-order valence-electron chi connectivity index (χ2n) is 3.85. The number of hydrogen-bond donors (Lipinski definition) is 1. The molecule has 0 saturated carbocycles. The van der Waals surface area contributed by atoms with Crippen molar-refractivity contribution in [1.82, 2.24) is 10.5 Å². The predicted octanol–water partition coefficient (Wildman–Crippen LogP) is 3.88. The molecule has 2 rings (SSSR count). The van der Waals surface area contributed by atoms with Crippen LogP contribution in [0.25, 0.3) is 17.2 Å². The number of rotatable bonds is 5. The highest BCUT2D eigenvalue weighted by molar-refractivity contribution is 9.11. The van der Waals surface area contributed by atoms with Crippen LogP contribution >= 0.6 is 15.9 Å². The molecule has 0 aliphatic rings. The van der Waals surface area contributed by atoms with E-state index in [-0.39, 0.29) is 0 Å². The van der Waals surface area contributed by atoms with Crippen molar-refractivity contribution < 1.29 is 9.25 Å². The van der Waals surface area contributed by atoms with Crippen LogP contribution < -0.4 is 5.48 Å². The van der Waals surface area contributed by atoms with Crippen LogP contribution in [-0.4, -0.2) is 11.6 Å². The van der Waals surface area contributed by atoms with E-state index in [1.54, 1.807) is 4.99 Å². The second kappa shape index (κ2) is 6.54. The summed E-state index contributed by atoms with van der Waals surface area (Å²) in [5, 5.41) is 0. The van der Waals surface area contributed by atoms with Gasteiger partial charge in [0, 0.05) is 10.5 Å². The van der Waals surface area contributed by atoms with Crippen molar-refractivity contribution in [1.29, 1.82) is 0 Å². The molecule has 0 fully saturated rings. The summed E-state index contributed by atoms with van der Waals surface area (Å²) < 4.78 is 5.70. The summed E-state index contributed by atoms with van der Waals surface area (Å²) in [6.07, 6.45) is 0. The van der Waals surface area contributed by atoms with Gasteiger partial charge in [-0.05, 0) is 26.0 Å². The third-order valence-corrected chi connectivity index (χ3v) is 2.97. The van der Waals surface area contributed by atoms with Gasteiger partial charge >= 0.3 is 0 Å². The molecule has 1 heterocycles. The number of benzene rings is 1. The van der Waals surface area contributed by atoms with Gasteiger partial charge in [-0.15, -0.1) is 0 Å². The summed E-state index contributed by atoms with van der Waals surface area (Å²) in [7, 11) is 0. The van der Waals surface area contributed by atoms with Crippen LogP contribution in [0.5, 0.6) is 0 Å². The minimum absolute atomic E-state index is 0.562. The molecule has 5 heteroatoms. The molecule has 19 heavy (non-hydrogen) atoms. The summed E-state index contributed by atoms with van der Waals surface area (Å²) in [4.78, 5) is 11.4. The van der Waals surface area contributed by atoms with Crippen LogP contribution in [-0.2, 0) is 4.84 Å². The van der Waals surface area contributed by atoms with Gasteiger partial charge in [-0.1, -0.05) is 34.1 Å². The Morgan fingerprint density at radius 2 is 2.16 bits per heavy atom. The average molecular weight is 323 g/mol. The molecule has 0 saturated heterocycles. The Morgan fingerprint density at radius 1 is 1.42 bits per heavy atom. The highest BCUT2D eigenvalue weighted by atomic mass is 79.9. The van der Waals surface area contributed by atoms with Crippen LogP contribution in [0.4, 0.5) is 0 Å². The first kappa shape index (κ1) is 13.8. The van der Waals surface area contributed by atoms with Crippen molar-refractivity contribution in [3.63, 3.8) is 0 Å². The number of aromatic nitrogens is 1. The third kappa shape index (κ3) is 3.24. The van der Waals surface area contributed by atoms with Crippen LogP contribution in [0, 0.1) is 6.92 Å². The molecule has 100 valence electrons. The van der Waals surface area contributed by atoms with Gasteiger partial charge in [0.1, 0.15) is 11.5 Å². The van der Waals surface area contributed by atoms with E-state index in [1.807, 2.05) is 44.2 Å². The zero-order chi connectivity index (χ0) is 13.7. The molecular formula is C14H15BrN2O2. The molecule has 0 amide bonds. The van der Waals surface area contributed by atoms with Crippen molar-refractivity contribution >= 4 is 21.6 Å². The van der Waals surface area contributed by atoms with E-state index >= 15 is 0 Å². The SMILES string of the molecule is CCONC(=CBr)c1nc(-c2ccccc2)oc1C. The average Bonchev–Trinajstić information content (AvgIpc) is 2.83. The summed E-state index contributed by atoms with van der Waals surface area (Å²) in [5.41, 5.74) is 5.23. The van der Waals surface area contributed by atoms with Gasteiger partial charge in [-0.2, -0.15) is 0 Å². The lowest BCUT2D eigenvalue weighted by molar-refractivity contribution is 0.0898. The molecule has 0 atom stereocenters. The smallest absolute Gasteiger partial charge is 0.226 e. The van der Waals surface area contributed by atoms with Crippen molar-refractivity contribution in [2.45, 2.75) is 13.8 Å². The first-order chi connectivity index (χ1) is 9.26. The molecule has 0 radical (unpaired) electrons. The molecule has 1 aromatic heterocycles. The van der Waals surface area contributed by atoms with E-state index in [0.717, 1.165) is 22.7 Å². The van der Waals surface area contributed by atoms with Crippen molar-refractivity contribution in [3.05, 3.63) is 46.8 Å². The number of aryl methyl sites for hydroxylation is 1. The van der Waals surface area contributed by atoms with Gasteiger partial charge in [0.15, 0.2) is 0 Å². The molecule has 2 aromatic rings. The number of halogens is 1. The minimum atomic E-state index is 0.562. The fraction of sp³-hybridized carbons (Fsp3) is 0.214. The van der Waals surface area contributed by atoms with Gasteiger partial charge < -0.3 is 4.42 Å². The van der Waals surface area contributed by atoms with Crippen LogP contribution in [0.3, 0.4) is 0 Å². The summed E-state index contributed by atoms with van der Waals surface area (Å²) in [6.45, 7) is 4.34. The van der Waals surface area contributed by atoms with Crippen molar-refractivity contribution in [3.8, 4) is 11.5 Å². The van der Waals surface area contributed by atoms with E-state index in [1.165, 1.54) is 0 Å². The monoisotopic (exact) mass is 322 g/mol. The lowest BCUT2D eigenvalue weighted by Crippen LogP contribution is -2.13. The lowest BCUT2D eigenvalue weighted by Gasteiger charge is -2.06. The lowest BCUT2D eigenvalue weighted by atomic mass is 10.2. The van der Waals surface area contributed by atoms with E-state index in [2.05, 4.69) is 26.4 Å². The Labute approximate surface area is 120 Å². The van der Waals surface area contributed by atoms with Gasteiger partial charge in [-0.3, -0.25) is 10.3 Å². The Morgan fingerprint density at radius 3 is 2.79 bits per heavy atom. The van der Waals surface area contributed by atoms with E-state index < -0.39 is 0 Å². The Balaban J connectivity index is 2.31. The van der Waals surface area contributed by atoms with Gasteiger partial charge in [0.2, 0.25) is 5.89 Å². The van der Waals surface area contributed by atoms with E-state index in [4.69, 9.17) is 9.25 Å². The number of hydroxylamine groups is 1. The van der Waals surface area contributed by atoms with Crippen LogP contribution in [0.15, 0.2) is 39.7 Å². The molecule has 1 N–H and O–H groups in total. The predicted molar refractivity (Wildman–Crippen MR) is 78.3 cm³/mol. The van der Waals surface area contributed by atoms with Gasteiger partial charge in [-0.25, -0.2) is 4.98 Å². The molecule has 0 bridgehead atoms. The number of hydrogen-bond acceptors (Lipinski definition) is 4. The maximum Gasteiger partial charge on any atom is 0.226 e. The fourth-order valence-electron chi connectivity index (χ4n) is 1.62. The molecule has 0 unspecified atom stereocenters. The first-order valence-electron chi connectivity index (χ1n) is 5.97. The molecule has 4 nitrogen and oxygen atoms in total. The molecular weight excluding hydrogens is 308 g/mol. The summed E-state index contributed by atoms with van der Waals surface area (Å²) >= 11 is 3.30. The van der Waals surface area contributed by atoms with E-state index in [9.17, 15) is 0 Å². The number of oxazole rings is 1. The number of nitrogens with zero attached hydrogens (tertiary/aromatic N) is 1. The van der Waals surface area contributed by atoms with Crippen molar-refractivity contribution in [2.24, 2.45) is 0 Å². The standard InChI is InChI=1S/C14H15BrN2O2/c1-3-18-17-12(9-15)13-10(2)19-14(16-13)11-7-5-4-6-8-11/h4-9,17H,3H2,1-2H3. The van der Waals surface area contributed by atoms with Gasteiger partial charge in [0.05, 0.1) is 12.3 Å². The molecule has 0 spiro atoms. The Kier molecular flexibility index (Phi) is 4.76. The maximum atomic E-state index is 5.70. The van der Waals surface area contributed by atoms with Crippen LogP contribution in [0.1, 0.15) is 18.4 Å². The second-order valence-corrected chi connectivity index (χ2v) is 4.31. The highest BCUT2D eigenvalue weighted by Crippen LogP contribution is 2.25. The third-order valence-electron chi connectivity index (χ3n) is 2.51. The Bertz CT molecular complexity index is 564. The maximum absolute atomic E-state index is 5.70. The summed E-state index contributed by atoms with van der Waals surface area (Å²) in [5.74, 6) is 1.33. The summed E-state index contributed by atoms with van der Waals surface area (Å²) in [6, 6.07) is 9.79. The quantitative estimate of drug-likeness (QED) is 0.848. The Hall–Kier alpha value is -1.59. The molecule has 0 aliphatic heterocycles. The fourth-order valence-corrected chi connectivity index (χ4v) is 1.93. The first-order valence-corrected chi connectivity index (χ1v) is 6.89. The van der Waals surface area contributed by atoms with Gasteiger partial charge in [0.25, 0.3) is 0 Å². The number of nitrogens with one attached hydrogen (secondary N) is 1. The minimum Gasteiger partial charge on any atom is -0.441 e. The van der Waals surface area contributed by atoms with E-state index in [0.29, 0.717) is 12.5 Å². The van der Waals surface area contributed by atoms with Crippen molar-refractivity contribution in [2.75, 3.05) is 6.61 Å². The normalized spacial score (nSPS) is 11.6. The topological polar surface area (TPSA) is 47.3 Å². The zero-order valence-electron chi connectivity index (χ0n) is 10.8. The molecule has 1 aromatic carbocycles. The highest BCUT2D eigenvalue weighted by Gasteiger charge is 2.14. The zero-order valence-corrected chi connectivity index (χ0v) is 12.4. The van der Waals surface area contributed by atoms with Crippen LogP contribution in [0.2, 0.25) is 0 Å². The largest absolute Gasteiger partial charge is 0.441 e.